The molecule has 0 unspecified atom stereocenters. The van der Waals surface area contributed by atoms with Crippen LogP contribution in [-0.4, -0.2) is 157 Å². The zero-order valence-corrected chi connectivity index (χ0v) is 64.3. The summed E-state index contributed by atoms with van der Waals surface area (Å²) in [6.45, 7) is 16.2. The van der Waals surface area contributed by atoms with Gasteiger partial charge in [-0.3, -0.25) is 28.7 Å². The van der Waals surface area contributed by atoms with Gasteiger partial charge in [-0.05, 0) is 115 Å². The maximum atomic E-state index is 14.6. The molecule has 4 saturated carbocycles. The summed E-state index contributed by atoms with van der Waals surface area (Å²) in [6.07, 6.45) is 18.3. The molecule has 4 aromatic heterocycles. The van der Waals surface area contributed by atoms with E-state index in [9.17, 15) is 50.7 Å². The summed E-state index contributed by atoms with van der Waals surface area (Å²) < 4.78 is 62.5. The Kier molecular flexibility index (Phi) is 21.7. The molecule has 4 aliphatic carbocycles. The Hall–Kier alpha value is -7.16. The lowest BCUT2D eigenvalue weighted by Crippen LogP contribution is -2.58. The van der Waals surface area contributed by atoms with Crippen LogP contribution in [0.4, 0.5) is 10.3 Å². The highest BCUT2D eigenvalue weighted by molar-refractivity contribution is 7.91. The van der Waals surface area contributed by atoms with Crippen molar-refractivity contribution in [2.45, 2.75) is 239 Å². The normalized spacial score (nSPS) is 28.5. The number of benzene rings is 2. The standard InChI is InChI=1S/C36H46N6O6S3.C32H39N5O5S2.C4H9NO2S/c1-34(2,3)28-21-49-32(39-28)37-25-14-9-7-5-6-8-12-22-19-36(22,31(45)41-51(46,47)35(4)16-17-35)40-29(43)26-18-23(20-42(26)30(25)44)48-33-38-24-13-10-11-15-27(24)50-33;1-31(2,3)25-18-43-29(35-25)33-22-13-8-6-4-5-7-11-19-16-32(19,28(40)41)36-26(38)23-15-20(17-37(23)27(22)39)42-30-34-21-12-9-10-14-24(21)44-30;1-4(2-3-4)8(5,6)7/h8,10-13,15,21-23,25-26H,5-7,9,14,16-20H2,1-4H3,(H,37,39)(H,40,43)(H,41,45);7,9-12,14,18-20,22-23H,4-6,8,13,15-17H2,1-3H3,(H,33,35)(H,36,38)(H,40,41);2-3H2,1H3,(H2,5,6,7)/b12-8-;11-7-;/t22-,23-,25+,26+,36-;19-,20-,22+,23+,32-;/m11./s1. The Balaban J connectivity index is 0.000000176. The third-order valence-corrected chi connectivity index (χ3v) is 28.3. The number of nitrogens with two attached hydrogens (primary N) is 1. The molecule has 10 atom stereocenters. The van der Waals surface area contributed by atoms with Crippen LogP contribution in [0.2, 0.25) is 0 Å². The summed E-state index contributed by atoms with van der Waals surface area (Å²) in [5.41, 5.74) is 0.434. The van der Waals surface area contributed by atoms with E-state index in [1.54, 1.807) is 23.6 Å². The van der Waals surface area contributed by atoms with Crippen LogP contribution in [-0.2, 0) is 59.6 Å². The first kappa shape index (κ1) is 75.5. The van der Waals surface area contributed by atoms with Crippen LogP contribution in [0.15, 0.2) is 83.6 Å². The van der Waals surface area contributed by atoms with E-state index in [0.717, 1.165) is 96.0 Å². The molecule has 0 bridgehead atoms. The van der Waals surface area contributed by atoms with Gasteiger partial charge in [0.25, 0.3) is 16.3 Å². The molecule has 2 aromatic carbocycles. The number of carboxylic acids is 1. The minimum atomic E-state index is -3.93. The van der Waals surface area contributed by atoms with Gasteiger partial charge in [0.2, 0.25) is 43.7 Å². The molecule has 556 valence electrons. The number of sulfonamides is 2. The van der Waals surface area contributed by atoms with Crippen molar-refractivity contribution in [3.63, 3.8) is 0 Å². The van der Waals surface area contributed by atoms with Gasteiger partial charge in [-0.1, -0.05) is 138 Å². The summed E-state index contributed by atoms with van der Waals surface area (Å²) in [7, 11) is -7.16. The fraction of sp³-hybridized carbons (Fsp3) is 0.583. The average Bonchev–Trinajstić information content (AvgIpc) is 1.57. The first-order chi connectivity index (χ1) is 48.7. The maximum absolute atomic E-state index is 14.6. The van der Waals surface area contributed by atoms with E-state index in [2.05, 4.69) is 77.5 Å². The van der Waals surface area contributed by atoms with Crippen LogP contribution in [0, 0.1) is 11.8 Å². The summed E-state index contributed by atoms with van der Waals surface area (Å²) in [5, 5.41) is 33.8. The SMILES string of the molecule is CC(C)(C)c1csc(N[C@H]2CCCCC/C=C\[C@@H]3C[C@@]3(C(=O)NS(=O)(=O)C3(C)CC3)NC(=O)[C@@H]3C[C@@H](Oc4nc5ccccc5s4)CN3C2=O)n1.CC(C)(C)c1csc(N[C@H]2CCCCC/C=C\[C@@H]3C[C@@]3(C(=O)O)NC(=O)[C@@H]3C[C@@H](Oc4nc5ccccc5s4)CN3C2=O)n1.CC1(S(N)(=O)=O)CC1. The van der Waals surface area contributed by atoms with E-state index in [-0.39, 0.29) is 66.8 Å². The first-order valence-electron chi connectivity index (χ1n) is 35.6. The van der Waals surface area contributed by atoms with Gasteiger partial charge in [-0.25, -0.2) is 46.7 Å². The number of aromatic nitrogens is 4. The van der Waals surface area contributed by atoms with Crippen LogP contribution in [0.1, 0.15) is 182 Å². The molecule has 6 aromatic rings. The number of aliphatic carboxylic acids is 1. The Morgan fingerprint density at radius 2 is 1.04 bits per heavy atom. The highest BCUT2D eigenvalue weighted by atomic mass is 32.2. The zero-order chi connectivity index (χ0) is 73.7. The number of primary sulfonamides is 1. The second kappa shape index (κ2) is 29.6. The fourth-order valence-corrected chi connectivity index (χ4v) is 19.0. The smallest absolute Gasteiger partial charge is 0.330 e. The Bertz CT molecular complexity index is 4410. The van der Waals surface area contributed by atoms with Crippen molar-refractivity contribution in [2.24, 2.45) is 17.0 Å². The van der Waals surface area contributed by atoms with Gasteiger partial charge in [0, 0.05) is 46.3 Å². The van der Waals surface area contributed by atoms with Crippen molar-refractivity contribution in [1.82, 2.24) is 45.1 Å². The number of carbonyl (C=O) groups is 6. The van der Waals surface area contributed by atoms with E-state index >= 15 is 0 Å². The van der Waals surface area contributed by atoms with Gasteiger partial charge in [-0.15, -0.1) is 22.7 Å². The lowest BCUT2D eigenvalue weighted by Gasteiger charge is -2.30. The molecule has 14 rings (SSSR count). The van der Waals surface area contributed by atoms with E-state index in [1.165, 1.54) is 45.3 Å². The van der Waals surface area contributed by atoms with E-state index in [1.807, 2.05) is 83.6 Å². The van der Waals surface area contributed by atoms with E-state index in [0.29, 0.717) is 52.8 Å². The molecule has 0 radical (unpaired) electrons. The fourth-order valence-electron chi connectivity index (χ4n) is 13.3. The van der Waals surface area contributed by atoms with Crippen molar-refractivity contribution in [2.75, 3.05) is 23.7 Å². The highest BCUT2D eigenvalue weighted by Crippen LogP contribution is 2.49. The number of allylic oxidation sites excluding steroid dienone is 2. The number of carboxylic acid groups (broad SMARTS) is 1. The molecule has 4 aliphatic heterocycles. The largest absolute Gasteiger partial charge is 0.479 e. The van der Waals surface area contributed by atoms with E-state index < -0.39 is 101 Å². The molecule has 25 nitrogen and oxygen atoms in total. The third kappa shape index (κ3) is 17.2. The van der Waals surface area contributed by atoms with Crippen molar-refractivity contribution >= 4 is 132 Å². The monoisotopic (exact) mass is 1530 g/mol. The molecule has 103 heavy (non-hydrogen) atoms. The average molecular weight is 1530 g/mol. The third-order valence-electron chi connectivity index (χ3n) is 21.0. The first-order valence-corrected chi connectivity index (χ1v) is 42.0. The summed E-state index contributed by atoms with van der Waals surface area (Å²) in [6, 6.07) is 12.4. The lowest BCUT2D eigenvalue weighted by molar-refractivity contribution is -0.145. The topological polar surface area (TPSA) is 354 Å². The number of hydrogen-bond donors (Lipinski definition) is 7. The van der Waals surface area contributed by atoms with Gasteiger partial charge in [0.1, 0.15) is 47.5 Å². The highest BCUT2D eigenvalue weighted by Gasteiger charge is 2.64. The second-order valence-corrected chi connectivity index (χ2v) is 39.2. The van der Waals surface area contributed by atoms with Gasteiger partial charge >= 0.3 is 5.97 Å². The van der Waals surface area contributed by atoms with Crippen molar-refractivity contribution in [1.29, 1.82) is 0 Å². The lowest BCUT2D eigenvalue weighted by atomic mass is 9.93. The minimum absolute atomic E-state index is 0.125. The molecular formula is C72H94N12O13S6. The second-order valence-electron chi connectivity index (χ2n) is 31.2. The Labute approximate surface area is 617 Å². The number of thiazole rings is 4. The van der Waals surface area contributed by atoms with E-state index in [4.69, 9.17) is 24.6 Å². The predicted octanol–water partition coefficient (Wildman–Crippen LogP) is 10.5. The number of rotatable bonds is 13. The Morgan fingerprint density at radius 1 is 0.612 bits per heavy atom. The summed E-state index contributed by atoms with van der Waals surface area (Å²) in [4.78, 5) is 105. The van der Waals surface area contributed by atoms with Crippen molar-refractivity contribution < 1.29 is 60.2 Å². The molecule has 5 amide bonds. The van der Waals surface area contributed by atoms with Gasteiger partial charge < -0.3 is 45.6 Å². The molecule has 2 saturated heterocycles. The number of fused-ring (bicyclic) bond motifs is 6. The number of anilines is 2. The Morgan fingerprint density at radius 3 is 1.44 bits per heavy atom. The predicted molar refractivity (Wildman–Crippen MR) is 400 cm³/mol. The van der Waals surface area contributed by atoms with Crippen LogP contribution >= 0.6 is 45.3 Å². The number of nitrogens with zero attached hydrogens (tertiary/aromatic N) is 6. The van der Waals surface area contributed by atoms with Gasteiger partial charge in [0.15, 0.2) is 10.3 Å². The molecule has 8 N–H and O–H groups in total. The molecule has 8 aliphatic rings. The molecule has 8 heterocycles. The number of carbonyl (C=O) groups excluding carboxylic acids is 5. The number of ether oxygens (including phenoxy) is 2. The van der Waals surface area contributed by atoms with Crippen molar-refractivity contribution in [3.05, 3.63) is 95.0 Å². The molecule has 0 spiro atoms. The van der Waals surface area contributed by atoms with Gasteiger partial charge in [0.05, 0.1) is 54.4 Å². The number of nitrogens with one attached hydrogen (secondary N) is 5. The zero-order valence-electron chi connectivity index (χ0n) is 59.4. The number of para-hydroxylation sites is 2. The van der Waals surface area contributed by atoms with Crippen LogP contribution in [0.3, 0.4) is 0 Å². The van der Waals surface area contributed by atoms with Crippen LogP contribution < -0.4 is 40.6 Å². The number of amides is 5. The quantitative estimate of drug-likeness (QED) is 0.0528. The molecular weight excluding hydrogens is 1430 g/mol. The maximum Gasteiger partial charge on any atom is 0.330 e. The summed E-state index contributed by atoms with van der Waals surface area (Å²) >= 11 is 5.74. The van der Waals surface area contributed by atoms with Crippen molar-refractivity contribution in [3.8, 4) is 10.4 Å². The van der Waals surface area contributed by atoms with Crippen LogP contribution in [0.5, 0.6) is 10.4 Å². The summed E-state index contributed by atoms with van der Waals surface area (Å²) in [5.74, 6) is -3.88. The van der Waals surface area contributed by atoms with Crippen LogP contribution in [0.25, 0.3) is 20.4 Å². The molecule has 6 fully saturated rings. The number of hydrogen-bond acceptors (Lipinski definition) is 22. The van der Waals surface area contributed by atoms with Gasteiger partial charge in [-0.2, -0.15) is 0 Å². The minimum Gasteiger partial charge on any atom is -0.479 e. The molecule has 31 heteroatoms.